The Balaban J connectivity index is 1.42. The second-order valence-corrected chi connectivity index (χ2v) is 8.30. The van der Waals surface area contributed by atoms with E-state index < -0.39 is 4.92 Å². The van der Waals surface area contributed by atoms with Crippen molar-refractivity contribution in [1.82, 2.24) is 25.1 Å². The molecule has 2 aromatic carbocycles. The van der Waals surface area contributed by atoms with Crippen molar-refractivity contribution in [3.63, 3.8) is 0 Å². The van der Waals surface area contributed by atoms with Crippen LogP contribution in [0.5, 0.6) is 0 Å². The van der Waals surface area contributed by atoms with Crippen molar-refractivity contribution in [2.45, 2.75) is 33.7 Å². The Morgan fingerprint density at radius 1 is 1.12 bits per heavy atom. The maximum Gasteiger partial charge on any atom is 0.273 e. The van der Waals surface area contributed by atoms with Crippen LogP contribution in [0.3, 0.4) is 0 Å². The first-order valence-electron chi connectivity index (χ1n) is 10.4. The number of amides is 1. The third-order valence-corrected chi connectivity index (χ3v) is 6.20. The van der Waals surface area contributed by atoms with Crippen molar-refractivity contribution >= 4 is 22.6 Å². The van der Waals surface area contributed by atoms with Gasteiger partial charge in [0.05, 0.1) is 28.2 Å². The predicted molar refractivity (Wildman–Crippen MR) is 119 cm³/mol. The molecule has 1 aliphatic heterocycles. The summed E-state index contributed by atoms with van der Waals surface area (Å²) in [7, 11) is 0. The number of nitrogens with zero attached hydrogens (tertiary/aromatic N) is 4. The number of aryl methyl sites for hydroxylation is 3. The topological polar surface area (TPSA) is 121 Å². The molecule has 1 amide bonds. The molecule has 4 aromatic rings. The summed E-state index contributed by atoms with van der Waals surface area (Å²) in [5.74, 6) is 0.473. The molecule has 162 valence electrons. The molecule has 0 fully saturated rings. The monoisotopic (exact) mass is 430 g/mol. The summed E-state index contributed by atoms with van der Waals surface area (Å²) in [6.45, 7) is 6.65. The average molecular weight is 430 g/mol. The summed E-state index contributed by atoms with van der Waals surface area (Å²) in [5, 5.41) is 18.8. The van der Waals surface area contributed by atoms with Crippen LogP contribution in [0.15, 0.2) is 30.3 Å². The number of hydrogen-bond donors (Lipinski definition) is 2. The maximum absolute atomic E-state index is 13.0. The molecule has 3 heterocycles. The number of H-pyrrole nitrogens is 2. The molecule has 5 rings (SSSR count). The molecule has 0 unspecified atom stereocenters. The first kappa shape index (κ1) is 19.9. The zero-order valence-electron chi connectivity index (χ0n) is 18.0. The van der Waals surface area contributed by atoms with Gasteiger partial charge >= 0.3 is 0 Å². The van der Waals surface area contributed by atoms with E-state index in [2.05, 4.69) is 41.2 Å². The number of nitrogens with one attached hydrogen (secondary N) is 2. The number of nitro benzene ring substituents is 1. The highest BCUT2D eigenvalue weighted by Gasteiger charge is 2.28. The van der Waals surface area contributed by atoms with Crippen LogP contribution in [0, 0.1) is 30.9 Å². The number of fused-ring (bicyclic) bond motifs is 2. The van der Waals surface area contributed by atoms with Gasteiger partial charge in [-0.25, -0.2) is 4.98 Å². The summed E-state index contributed by atoms with van der Waals surface area (Å²) < 4.78 is 0. The first-order valence-corrected chi connectivity index (χ1v) is 10.4. The third kappa shape index (κ3) is 3.22. The largest absolute Gasteiger partial charge is 0.337 e. The molecule has 0 saturated heterocycles. The van der Waals surface area contributed by atoms with Crippen molar-refractivity contribution in [3.8, 4) is 11.5 Å². The summed E-state index contributed by atoms with van der Waals surface area (Å²) in [5.41, 5.74) is 7.70. The molecule has 9 heteroatoms. The van der Waals surface area contributed by atoms with Crippen molar-refractivity contribution in [2.75, 3.05) is 6.54 Å². The van der Waals surface area contributed by atoms with Crippen LogP contribution in [0.4, 0.5) is 5.69 Å². The van der Waals surface area contributed by atoms with Gasteiger partial charge in [0.2, 0.25) is 0 Å². The van der Waals surface area contributed by atoms with Crippen LogP contribution in [0.1, 0.15) is 38.3 Å². The Labute approximate surface area is 183 Å². The molecule has 0 aliphatic carbocycles. The minimum absolute atomic E-state index is 0.0484. The van der Waals surface area contributed by atoms with E-state index in [0.29, 0.717) is 36.5 Å². The molecular formula is C23H22N6O3. The highest BCUT2D eigenvalue weighted by atomic mass is 16.6. The predicted octanol–water partition coefficient (Wildman–Crippen LogP) is 3.98. The number of imidazole rings is 1. The zero-order valence-corrected chi connectivity index (χ0v) is 18.0. The van der Waals surface area contributed by atoms with Crippen LogP contribution in [0.2, 0.25) is 0 Å². The van der Waals surface area contributed by atoms with Gasteiger partial charge in [-0.15, -0.1) is 0 Å². The van der Waals surface area contributed by atoms with Gasteiger partial charge in [-0.2, -0.15) is 5.10 Å². The molecule has 0 radical (unpaired) electrons. The molecule has 2 aromatic heterocycles. The molecule has 0 saturated carbocycles. The number of nitro groups is 1. The lowest BCUT2D eigenvalue weighted by Gasteiger charge is -2.27. The van der Waals surface area contributed by atoms with Crippen molar-refractivity contribution in [1.29, 1.82) is 0 Å². The summed E-state index contributed by atoms with van der Waals surface area (Å²) in [4.78, 5) is 33.5. The van der Waals surface area contributed by atoms with Crippen molar-refractivity contribution in [2.24, 2.45) is 0 Å². The molecule has 2 N–H and O–H groups in total. The molecule has 32 heavy (non-hydrogen) atoms. The van der Waals surface area contributed by atoms with Gasteiger partial charge in [-0.3, -0.25) is 20.0 Å². The lowest BCUT2D eigenvalue weighted by molar-refractivity contribution is -0.385. The molecule has 9 nitrogen and oxygen atoms in total. The number of hydrogen-bond acceptors (Lipinski definition) is 5. The average Bonchev–Trinajstić information content (AvgIpc) is 3.36. The normalized spacial score (nSPS) is 13.4. The van der Waals surface area contributed by atoms with Crippen LogP contribution in [-0.2, 0) is 13.0 Å². The van der Waals surface area contributed by atoms with Gasteiger partial charge < -0.3 is 9.88 Å². The van der Waals surface area contributed by atoms with E-state index in [4.69, 9.17) is 4.98 Å². The number of carbonyl (C=O) groups is 1. The fourth-order valence-corrected chi connectivity index (χ4v) is 4.19. The zero-order chi connectivity index (χ0) is 22.6. The first-order chi connectivity index (χ1) is 15.3. The minimum Gasteiger partial charge on any atom is -0.337 e. The fraction of sp³-hybridized carbons (Fsp3) is 0.261. The van der Waals surface area contributed by atoms with Crippen LogP contribution >= 0.6 is 0 Å². The summed E-state index contributed by atoms with van der Waals surface area (Å²) in [6, 6.07) is 8.74. The Morgan fingerprint density at radius 3 is 2.69 bits per heavy atom. The molecule has 0 bridgehead atoms. The Kier molecular flexibility index (Phi) is 4.54. The number of benzene rings is 2. The van der Waals surface area contributed by atoms with E-state index in [0.717, 1.165) is 28.0 Å². The van der Waals surface area contributed by atoms with E-state index >= 15 is 0 Å². The molecule has 0 spiro atoms. The maximum atomic E-state index is 13.0. The van der Waals surface area contributed by atoms with Crippen LogP contribution < -0.4 is 0 Å². The number of aromatic amines is 2. The molecule has 0 atom stereocenters. The van der Waals surface area contributed by atoms with Gasteiger partial charge in [-0.05, 0) is 56.5 Å². The smallest absolute Gasteiger partial charge is 0.273 e. The van der Waals surface area contributed by atoms with E-state index in [1.165, 1.54) is 17.2 Å². The Morgan fingerprint density at radius 2 is 1.91 bits per heavy atom. The number of carbonyl (C=O) groups excluding carboxylic acids is 1. The molecular weight excluding hydrogens is 408 g/mol. The molecule has 1 aliphatic rings. The third-order valence-electron chi connectivity index (χ3n) is 6.20. The summed E-state index contributed by atoms with van der Waals surface area (Å²) in [6.07, 6.45) is 0.621. The van der Waals surface area contributed by atoms with Crippen LogP contribution in [0.25, 0.3) is 22.6 Å². The Bertz CT molecular complexity index is 1360. The fourth-order valence-electron chi connectivity index (χ4n) is 4.19. The van der Waals surface area contributed by atoms with E-state index in [9.17, 15) is 14.9 Å². The second kappa shape index (κ2) is 7.30. The highest BCUT2D eigenvalue weighted by Crippen LogP contribution is 2.30. The van der Waals surface area contributed by atoms with Crippen LogP contribution in [-0.4, -0.2) is 42.4 Å². The highest BCUT2D eigenvalue weighted by molar-refractivity contribution is 5.95. The Hall–Kier alpha value is -4.01. The lowest BCUT2D eigenvalue weighted by Crippen LogP contribution is -2.36. The van der Waals surface area contributed by atoms with E-state index in [1.54, 1.807) is 24.0 Å². The standard InChI is InChI=1S/C23H22N6O3/c1-12-4-5-15(10-20(12)29(31)32)23(30)28-7-6-16-19(11-28)26-27-21(16)22-24-17-8-13(2)14(3)9-18(17)25-22/h4-5,8-10H,6-7,11H2,1-3H3,(H,24,25)(H,26,27). The SMILES string of the molecule is Cc1cc2nc(-c3n[nH]c4c3CCN(C(=O)c3ccc(C)c([N+](=O)[O-])c3)C4)[nH]c2cc1C. The van der Waals surface area contributed by atoms with Gasteiger partial charge in [0.1, 0.15) is 5.69 Å². The van der Waals surface area contributed by atoms with Gasteiger partial charge in [-0.1, -0.05) is 6.07 Å². The van der Waals surface area contributed by atoms with Gasteiger partial charge in [0.15, 0.2) is 5.82 Å². The van der Waals surface area contributed by atoms with E-state index in [1.807, 2.05) is 0 Å². The number of aromatic nitrogens is 4. The van der Waals surface area contributed by atoms with Crippen molar-refractivity contribution in [3.05, 3.63) is 74.0 Å². The second-order valence-electron chi connectivity index (χ2n) is 8.30. The minimum atomic E-state index is -0.460. The quantitative estimate of drug-likeness (QED) is 0.376. The van der Waals surface area contributed by atoms with E-state index in [-0.39, 0.29) is 11.6 Å². The number of rotatable bonds is 3. The van der Waals surface area contributed by atoms with Gasteiger partial charge in [0.25, 0.3) is 11.6 Å². The summed E-state index contributed by atoms with van der Waals surface area (Å²) >= 11 is 0. The lowest BCUT2D eigenvalue weighted by atomic mass is 10.0. The van der Waals surface area contributed by atoms with Gasteiger partial charge in [0, 0.05) is 29.3 Å². The van der Waals surface area contributed by atoms with Crippen molar-refractivity contribution < 1.29 is 9.72 Å².